The summed E-state index contributed by atoms with van der Waals surface area (Å²) in [6.07, 6.45) is 2.18. The molecule has 0 aromatic heterocycles. The van der Waals surface area contributed by atoms with Gasteiger partial charge in [-0.05, 0) is 32.5 Å². The van der Waals surface area contributed by atoms with Gasteiger partial charge in [-0.15, -0.1) is 0 Å². The fourth-order valence-corrected chi connectivity index (χ4v) is 4.31. The van der Waals surface area contributed by atoms with Crippen molar-refractivity contribution < 1.29 is 9.59 Å². The van der Waals surface area contributed by atoms with Crippen molar-refractivity contribution in [2.75, 3.05) is 40.3 Å². The lowest BCUT2D eigenvalue weighted by atomic mass is 9.81. The molecular weight excluding hydrogens is 314 g/mol. The van der Waals surface area contributed by atoms with Crippen molar-refractivity contribution in [1.29, 1.82) is 0 Å². The van der Waals surface area contributed by atoms with Crippen molar-refractivity contribution >= 4 is 11.8 Å². The zero-order chi connectivity index (χ0) is 18.0. The van der Waals surface area contributed by atoms with Crippen LogP contribution >= 0.6 is 0 Å². The lowest BCUT2D eigenvalue weighted by Crippen LogP contribution is -2.43. The molecule has 0 spiro atoms. The highest BCUT2D eigenvalue weighted by Crippen LogP contribution is 2.36. The minimum atomic E-state index is -0.184. The Morgan fingerprint density at radius 3 is 2.24 bits per heavy atom. The summed E-state index contributed by atoms with van der Waals surface area (Å²) in [5, 5.41) is 0. The van der Waals surface area contributed by atoms with Crippen molar-refractivity contribution in [2.45, 2.75) is 31.7 Å². The van der Waals surface area contributed by atoms with Crippen LogP contribution < -0.4 is 0 Å². The van der Waals surface area contributed by atoms with Gasteiger partial charge < -0.3 is 14.7 Å². The second kappa shape index (κ2) is 7.56. The summed E-state index contributed by atoms with van der Waals surface area (Å²) in [5.41, 5.74) is 1.07. The Labute approximate surface area is 150 Å². The van der Waals surface area contributed by atoms with E-state index in [-0.39, 0.29) is 29.7 Å². The molecule has 2 amide bonds. The van der Waals surface area contributed by atoms with Gasteiger partial charge in [0.25, 0.3) is 0 Å². The topological polar surface area (TPSA) is 43.9 Å². The van der Waals surface area contributed by atoms with Crippen molar-refractivity contribution in [2.24, 2.45) is 5.92 Å². The molecule has 1 aromatic carbocycles. The largest absolute Gasteiger partial charge is 0.342 e. The van der Waals surface area contributed by atoms with Crippen LogP contribution in [0.5, 0.6) is 0 Å². The molecule has 0 saturated carbocycles. The predicted molar refractivity (Wildman–Crippen MR) is 98.2 cm³/mol. The molecule has 5 heteroatoms. The fourth-order valence-electron chi connectivity index (χ4n) is 4.31. The molecule has 25 heavy (non-hydrogen) atoms. The molecule has 0 radical (unpaired) electrons. The summed E-state index contributed by atoms with van der Waals surface area (Å²) in [6, 6.07) is 10.3. The van der Waals surface area contributed by atoms with E-state index in [0.29, 0.717) is 13.1 Å². The van der Waals surface area contributed by atoms with Crippen LogP contribution in [0.1, 0.15) is 31.2 Å². The molecule has 2 fully saturated rings. The molecule has 2 aliphatic rings. The van der Waals surface area contributed by atoms with Crippen molar-refractivity contribution in [3.63, 3.8) is 0 Å². The molecule has 2 saturated heterocycles. The third-order valence-electron chi connectivity index (χ3n) is 5.71. The average molecular weight is 343 g/mol. The Morgan fingerprint density at radius 2 is 1.68 bits per heavy atom. The molecule has 0 N–H and O–H groups in total. The number of benzene rings is 1. The van der Waals surface area contributed by atoms with E-state index < -0.39 is 0 Å². The Hall–Kier alpha value is -1.88. The van der Waals surface area contributed by atoms with Crippen LogP contribution in [0.25, 0.3) is 0 Å². The van der Waals surface area contributed by atoms with Gasteiger partial charge in [-0.2, -0.15) is 0 Å². The first-order valence-corrected chi connectivity index (χ1v) is 9.24. The fraction of sp³-hybridized carbons (Fsp3) is 0.600. The third kappa shape index (κ3) is 3.71. The molecule has 136 valence electrons. The standard InChI is InChI=1S/C20H29N3O2/c1-15(24)23-13-17(18(14-23)21(2)3)19(16-9-5-4-6-10-16)20(25)22-11-7-8-12-22/h4-6,9-10,17-19H,7-8,11-14H2,1-3H3. The number of carbonyl (C=O) groups is 2. The molecule has 0 aliphatic carbocycles. The van der Waals surface area contributed by atoms with Gasteiger partial charge in [0.1, 0.15) is 0 Å². The maximum Gasteiger partial charge on any atom is 0.230 e. The van der Waals surface area contributed by atoms with Gasteiger partial charge >= 0.3 is 0 Å². The lowest BCUT2D eigenvalue weighted by Gasteiger charge is -2.33. The third-order valence-corrected chi connectivity index (χ3v) is 5.71. The lowest BCUT2D eigenvalue weighted by molar-refractivity contribution is -0.134. The van der Waals surface area contributed by atoms with Gasteiger partial charge in [0.05, 0.1) is 5.92 Å². The van der Waals surface area contributed by atoms with E-state index in [9.17, 15) is 9.59 Å². The summed E-state index contributed by atoms with van der Waals surface area (Å²) >= 11 is 0. The summed E-state index contributed by atoms with van der Waals surface area (Å²) in [5.74, 6) is 0.256. The first-order valence-electron chi connectivity index (χ1n) is 9.24. The zero-order valence-corrected chi connectivity index (χ0v) is 15.5. The Kier molecular flexibility index (Phi) is 5.42. The number of carbonyl (C=O) groups excluding carboxylic acids is 2. The second-order valence-corrected chi connectivity index (χ2v) is 7.54. The number of hydrogen-bond acceptors (Lipinski definition) is 3. The van der Waals surface area contributed by atoms with E-state index in [2.05, 4.69) is 17.0 Å². The minimum Gasteiger partial charge on any atom is -0.342 e. The van der Waals surface area contributed by atoms with Crippen LogP contribution in [-0.2, 0) is 9.59 Å². The van der Waals surface area contributed by atoms with E-state index in [1.165, 1.54) is 0 Å². The highest BCUT2D eigenvalue weighted by Gasteiger charge is 2.44. The molecule has 0 bridgehead atoms. The van der Waals surface area contributed by atoms with E-state index >= 15 is 0 Å². The first kappa shape index (κ1) is 17.9. The van der Waals surface area contributed by atoms with Gasteiger partial charge in [0, 0.05) is 45.1 Å². The maximum absolute atomic E-state index is 13.4. The number of hydrogen-bond donors (Lipinski definition) is 0. The van der Waals surface area contributed by atoms with Crippen LogP contribution in [0.4, 0.5) is 0 Å². The van der Waals surface area contributed by atoms with Crippen molar-refractivity contribution in [1.82, 2.24) is 14.7 Å². The molecule has 3 unspecified atom stereocenters. The van der Waals surface area contributed by atoms with E-state index in [4.69, 9.17) is 0 Å². The first-order chi connectivity index (χ1) is 12.0. The molecule has 2 heterocycles. The molecular formula is C20H29N3O2. The predicted octanol–water partition coefficient (Wildman–Crippen LogP) is 1.80. The Morgan fingerprint density at radius 1 is 1.04 bits per heavy atom. The number of rotatable bonds is 4. The van der Waals surface area contributed by atoms with Crippen LogP contribution in [0.2, 0.25) is 0 Å². The van der Waals surface area contributed by atoms with Crippen LogP contribution in [0.15, 0.2) is 30.3 Å². The highest BCUT2D eigenvalue weighted by molar-refractivity contribution is 5.85. The van der Waals surface area contributed by atoms with Crippen molar-refractivity contribution in [3.05, 3.63) is 35.9 Å². The Balaban J connectivity index is 1.95. The second-order valence-electron chi connectivity index (χ2n) is 7.54. The molecule has 2 aliphatic heterocycles. The number of likely N-dealkylation sites (tertiary alicyclic amines) is 2. The summed E-state index contributed by atoms with van der Waals surface area (Å²) in [6.45, 7) is 4.69. The zero-order valence-electron chi connectivity index (χ0n) is 15.5. The van der Waals surface area contributed by atoms with Gasteiger partial charge in [0.15, 0.2) is 0 Å². The van der Waals surface area contributed by atoms with Crippen molar-refractivity contribution in [3.8, 4) is 0 Å². The number of amides is 2. The quantitative estimate of drug-likeness (QED) is 0.837. The summed E-state index contributed by atoms with van der Waals surface area (Å²) < 4.78 is 0. The number of nitrogens with zero attached hydrogens (tertiary/aromatic N) is 3. The molecule has 3 atom stereocenters. The highest BCUT2D eigenvalue weighted by atomic mass is 16.2. The van der Waals surface area contributed by atoms with E-state index in [0.717, 1.165) is 31.5 Å². The maximum atomic E-state index is 13.4. The van der Waals surface area contributed by atoms with Crippen LogP contribution in [-0.4, -0.2) is 72.8 Å². The Bertz CT molecular complexity index is 611. The number of likely N-dealkylation sites (N-methyl/N-ethyl adjacent to an activating group) is 1. The van der Waals surface area contributed by atoms with Crippen LogP contribution in [0, 0.1) is 5.92 Å². The van der Waals surface area contributed by atoms with Gasteiger partial charge in [-0.25, -0.2) is 0 Å². The van der Waals surface area contributed by atoms with Gasteiger partial charge in [-0.1, -0.05) is 30.3 Å². The van der Waals surface area contributed by atoms with E-state index in [1.807, 2.05) is 42.1 Å². The van der Waals surface area contributed by atoms with E-state index in [1.54, 1.807) is 6.92 Å². The van der Waals surface area contributed by atoms with Crippen LogP contribution in [0.3, 0.4) is 0 Å². The summed E-state index contributed by atoms with van der Waals surface area (Å²) in [7, 11) is 4.09. The summed E-state index contributed by atoms with van der Waals surface area (Å²) in [4.78, 5) is 31.4. The van der Waals surface area contributed by atoms with Gasteiger partial charge in [-0.3, -0.25) is 9.59 Å². The normalized spacial score (nSPS) is 24.8. The molecule has 3 rings (SSSR count). The monoisotopic (exact) mass is 343 g/mol. The average Bonchev–Trinajstić information content (AvgIpc) is 3.26. The minimum absolute atomic E-state index is 0.0924. The molecule has 1 aromatic rings. The SMILES string of the molecule is CC(=O)N1CC(C(C(=O)N2CCCC2)c2ccccc2)C(N(C)C)C1. The van der Waals surface area contributed by atoms with Gasteiger partial charge in [0.2, 0.25) is 11.8 Å². The molecule has 5 nitrogen and oxygen atoms in total. The smallest absolute Gasteiger partial charge is 0.230 e.